The monoisotopic (exact) mass is 376 g/mol. The fraction of sp³-hybridized carbons (Fsp3) is 0. The number of nitrogens with two attached hydrogens (primary N) is 2. The van der Waals surface area contributed by atoms with E-state index in [-0.39, 0.29) is 0 Å². The molecule has 0 spiro atoms. The zero-order valence-electron chi connectivity index (χ0n) is 10.7. The number of rotatable bonds is 3. The van der Waals surface area contributed by atoms with Crippen molar-refractivity contribution >= 4 is 31.8 Å². The SMILES string of the molecule is NNc1ccc(-c2ccc(NN)cc2)cc1.OO.[Cl][Ni][Cl]. The zero-order chi connectivity index (χ0) is 16.1. The number of hydrogen-bond acceptors (Lipinski definition) is 6. The first-order chi connectivity index (χ1) is 10.2. The van der Waals surface area contributed by atoms with Crippen LogP contribution < -0.4 is 22.5 Å². The Kier molecular flexibility index (Phi) is 12.0. The molecule has 0 saturated heterocycles. The van der Waals surface area contributed by atoms with Crippen LogP contribution in [0.25, 0.3) is 11.1 Å². The quantitative estimate of drug-likeness (QED) is 0.211. The van der Waals surface area contributed by atoms with Gasteiger partial charge in [0.05, 0.1) is 0 Å². The summed E-state index contributed by atoms with van der Waals surface area (Å²) in [6.45, 7) is 0. The third kappa shape index (κ3) is 7.50. The molecule has 0 radical (unpaired) electrons. The Morgan fingerprint density at radius 1 is 0.714 bits per heavy atom. The summed E-state index contributed by atoms with van der Waals surface area (Å²) in [6.07, 6.45) is 0. The number of hydrogen-bond donors (Lipinski definition) is 6. The Morgan fingerprint density at radius 3 is 1.14 bits per heavy atom. The molecule has 0 unspecified atom stereocenters. The van der Waals surface area contributed by atoms with Crippen molar-refractivity contribution < 1.29 is 23.2 Å². The van der Waals surface area contributed by atoms with Crippen molar-refractivity contribution in [2.24, 2.45) is 11.7 Å². The van der Waals surface area contributed by atoms with Crippen molar-refractivity contribution in [2.75, 3.05) is 10.9 Å². The molecule has 2 aromatic carbocycles. The fourth-order valence-electron chi connectivity index (χ4n) is 1.52. The molecule has 0 aromatic heterocycles. The molecule has 0 atom stereocenters. The normalized spacial score (nSPS) is 8.86. The van der Waals surface area contributed by atoms with Crippen LogP contribution in [0, 0.1) is 0 Å². The number of benzene rings is 2. The van der Waals surface area contributed by atoms with Crippen LogP contribution in [0.5, 0.6) is 0 Å². The van der Waals surface area contributed by atoms with Crippen molar-refractivity contribution in [3.8, 4) is 11.1 Å². The molecule has 2 aromatic rings. The van der Waals surface area contributed by atoms with Crippen LogP contribution >= 0.6 is 20.4 Å². The first kappa shape index (κ1) is 20.0. The third-order valence-corrected chi connectivity index (χ3v) is 2.44. The van der Waals surface area contributed by atoms with Crippen molar-refractivity contribution in [3.63, 3.8) is 0 Å². The van der Waals surface area contributed by atoms with Gasteiger partial charge >= 0.3 is 33.0 Å². The van der Waals surface area contributed by atoms with Gasteiger partial charge in [-0.25, -0.2) is 0 Å². The molecule has 0 aliphatic rings. The van der Waals surface area contributed by atoms with Crippen molar-refractivity contribution in [1.82, 2.24) is 0 Å². The summed E-state index contributed by atoms with van der Waals surface area (Å²) in [5.41, 5.74) is 9.26. The van der Waals surface area contributed by atoms with Gasteiger partial charge in [0.1, 0.15) is 0 Å². The molecule has 120 valence electrons. The maximum absolute atomic E-state index is 6.00. The second kappa shape index (κ2) is 12.7. The predicted octanol–water partition coefficient (Wildman–Crippen LogP) is 3.32. The number of nitrogens with one attached hydrogen (secondary N) is 2. The van der Waals surface area contributed by atoms with Gasteiger partial charge in [0.15, 0.2) is 0 Å². The Hall–Kier alpha value is -1.05. The summed E-state index contributed by atoms with van der Waals surface area (Å²) >= 11 is 0.569. The minimum absolute atomic E-state index is 0.569. The Balaban J connectivity index is 0.000000713. The number of hydrazine groups is 2. The van der Waals surface area contributed by atoms with Crippen molar-refractivity contribution in [2.45, 2.75) is 0 Å². The molecule has 21 heavy (non-hydrogen) atoms. The molecular weight excluding hydrogens is 362 g/mol. The summed E-state index contributed by atoms with van der Waals surface area (Å²) in [7, 11) is 9.40. The molecule has 8 N–H and O–H groups in total. The van der Waals surface area contributed by atoms with E-state index < -0.39 is 0 Å². The average molecular weight is 378 g/mol. The van der Waals surface area contributed by atoms with Crippen LogP contribution in [0.3, 0.4) is 0 Å². The molecule has 9 heteroatoms. The number of anilines is 2. The number of halogens is 2. The first-order valence-corrected chi connectivity index (χ1v) is 8.13. The van der Waals surface area contributed by atoms with Gasteiger partial charge in [-0.3, -0.25) is 22.2 Å². The summed E-state index contributed by atoms with van der Waals surface area (Å²) in [5, 5.41) is 12.0. The van der Waals surface area contributed by atoms with Crippen LogP contribution in [0.2, 0.25) is 0 Å². The van der Waals surface area contributed by atoms with E-state index in [0.29, 0.717) is 12.7 Å². The molecule has 0 heterocycles. The number of nitrogen functional groups attached to an aromatic ring is 2. The van der Waals surface area contributed by atoms with Crippen LogP contribution in [0.1, 0.15) is 0 Å². The second-order valence-electron chi connectivity index (χ2n) is 3.49. The average Bonchev–Trinajstić information content (AvgIpc) is 2.58. The van der Waals surface area contributed by atoms with E-state index in [4.69, 9.17) is 42.6 Å². The van der Waals surface area contributed by atoms with E-state index in [1.54, 1.807) is 0 Å². The van der Waals surface area contributed by atoms with Crippen LogP contribution in [-0.2, 0) is 12.7 Å². The summed E-state index contributed by atoms with van der Waals surface area (Å²) in [6, 6.07) is 15.8. The second-order valence-corrected chi connectivity index (χ2v) is 5.12. The first-order valence-electron chi connectivity index (χ1n) is 5.41. The molecule has 0 aliphatic heterocycles. The predicted molar refractivity (Wildman–Crippen MR) is 84.5 cm³/mol. The summed E-state index contributed by atoms with van der Waals surface area (Å²) in [4.78, 5) is 0. The van der Waals surface area contributed by atoms with E-state index in [9.17, 15) is 0 Å². The van der Waals surface area contributed by atoms with Crippen LogP contribution in [0.4, 0.5) is 11.4 Å². The van der Waals surface area contributed by atoms with E-state index >= 15 is 0 Å². The van der Waals surface area contributed by atoms with E-state index in [0.717, 1.165) is 22.5 Å². The van der Waals surface area contributed by atoms with Gasteiger partial charge in [-0.2, -0.15) is 0 Å². The van der Waals surface area contributed by atoms with Gasteiger partial charge < -0.3 is 10.9 Å². The van der Waals surface area contributed by atoms with Gasteiger partial charge in [-0.15, -0.1) is 0 Å². The Morgan fingerprint density at radius 2 is 0.952 bits per heavy atom. The molecule has 0 bridgehead atoms. The van der Waals surface area contributed by atoms with Crippen LogP contribution in [0.15, 0.2) is 48.5 Å². The summed E-state index contributed by atoms with van der Waals surface area (Å²) in [5.74, 6) is 10.6. The van der Waals surface area contributed by atoms with E-state index in [1.165, 1.54) is 0 Å². The van der Waals surface area contributed by atoms with Gasteiger partial charge in [0.2, 0.25) is 0 Å². The molecule has 2 rings (SSSR count). The molecule has 0 saturated carbocycles. The standard InChI is InChI=1S/C12H14N4.2ClH.Ni.H2O2/c13-15-11-5-1-9(2-6-11)10-3-7-12(16-14)8-4-10;;;;1-2/h1-8,15-16H,13-14H2;2*1H;;1-2H/q;;;+2;/p-2. The van der Waals surface area contributed by atoms with Crippen LogP contribution in [-0.4, -0.2) is 10.5 Å². The molecular formula is C12H16Cl2N4NiO2. The fourth-order valence-corrected chi connectivity index (χ4v) is 1.52. The van der Waals surface area contributed by atoms with Gasteiger partial charge in [-0.1, -0.05) is 24.3 Å². The Bertz CT molecular complexity index is 440. The van der Waals surface area contributed by atoms with Gasteiger partial charge in [0, 0.05) is 11.4 Å². The molecule has 0 aliphatic carbocycles. The van der Waals surface area contributed by atoms with Crippen molar-refractivity contribution in [3.05, 3.63) is 48.5 Å². The Labute approximate surface area is 137 Å². The summed E-state index contributed by atoms with van der Waals surface area (Å²) < 4.78 is 0. The van der Waals surface area contributed by atoms with Gasteiger partial charge in [0.25, 0.3) is 0 Å². The van der Waals surface area contributed by atoms with Gasteiger partial charge in [-0.05, 0) is 35.4 Å². The third-order valence-electron chi connectivity index (χ3n) is 2.44. The molecule has 0 fully saturated rings. The van der Waals surface area contributed by atoms with E-state index in [1.807, 2.05) is 48.5 Å². The van der Waals surface area contributed by atoms with Crippen molar-refractivity contribution in [1.29, 1.82) is 0 Å². The topological polar surface area (TPSA) is 117 Å². The minimum atomic E-state index is 0.569. The maximum atomic E-state index is 6.00. The molecule has 0 amide bonds. The van der Waals surface area contributed by atoms with E-state index in [2.05, 4.69) is 10.9 Å². The molecule has 6 nitrogen and oxygen atoms in total. The zero-order valence-corrected chi connectivity index (χ0v) is 13.2.